The van der Waals surface area contributed by atoms with Crippen LogP contribution >= 0.6 is 45.8 Å². The van der Waals surface area contributed by atoms with E-state index in [0.717, 1.165) is 14.7 Å². The van der Waals surface area contributed by atoms with Gasteiger partial charge < -0.3 is 14.2 Å². The third-order valence-electron chi connectivity index (χ3n) is 5.05. The van der Waals surface area contributed by atoms with Crippen molar-refractivity contribution in [1.82, 2.24) is 0 Å². The van der Waals surface area contributed by atoms with E-state index in [4.69, 9.17) is 37.4 Å². The van der Waals surface area contributed by atoms with Gasteiger partial charge >= 0.3 is 5.97 Å². The number of esters is 1. The fourth-order valence-electron chi connectivity index (χ4n) is 3.34. The lowest BCUT2D eigenvalue weighted by atomic mass is 10.1. The van der Waals surface area contributed by atoms with Crippen LogP contribution in [0.1, 0.15) is 29.2 Å². The number of cyclic esters (lactones) is 1. The van der Waals surface area contributed by atoms with E-state index in [9.17, 15) is 4.79 Å². The minimum Gasteiger partial charge on any atom is -0.490 e. The Labute approximate surface area is 221 Å². The standard InChI is InChI=1S/C26H20Cl2INO4/c1-3-32-23-12-16(10-21(28)24(23)33-14-17-7-5-4-6-15(17)2)11-22-26(31)34-25(30-22)19-13-18(29)8-9-20(19)27/h4-13H,3,14H2,1-2H3. The molecular formula is C26H20Cl2INO4. The maximum atomic E-state index is 12.5. The minimum atomic E-state index is -0.570. The van der Waals surface area contributed by atoms with Gasteiger partial charge in [0.2, 0.25) is 5.90 Å². The van der Waals surface area contributed by atoms with Crippen molar-refractivity contribution in [2.45, 2.75) is 20.5 Å². The smallest absolute Gasteiger partial charge is 0.363 e. The molecule has 0 radical (unpaired) electrons. The van der Waals surface area contributed by atoms with Gasteiger partial charge in [0.25, 0.3) is 0 Å². The zero-order valence-corrected chi connectivity index (χ0v) is 22.1. The predicted octanol–water partition coefficient (Wildman–Crippen LogP) is 7.23. The van der Waals surface area contributed by atoms with Crippen LogP contribution in [-0.2, 0) is 16.1 Å². The summed E-state index contributed by atoms with van der Waals surface area (Å²) in [4.78, 5) is 16.8. The van der Waals surface area contributed by atoms with Gasteiger partial charge in [-0.2, -0.15) is 0 Å². The highest BCUT2D eigenvalue weighted by molar-refractivity contribution is 14.1. The molecule has 1 aliphatic heterocycles. The van der Waals surface area contributed by atoms with Crippen molar-refractivity contribution < 1.29 is 19.0 Å². The van der Waals surface area contributed by atoms with Gasteiger partial charge in [0, 0.05) is 3.57 Å². The molecular weight excluding hydrogens is 588 g/mol. The summed E-state index contributed by atoms with van der Waals surface area (Å²) in [5, 5.41) is 0.813. The Kier molecular flexibility index (Phi) is 7.80. The average molecular weight is 608 g/mol. The van der Waals surface area contributed by atoms with Gasteiger partial charge in [0.05, 0.1) is 22.2 Å². The molecule has 0 fully saturated rings. The Morgan fingerprint density at radius 1 is 1.06 bits per heavy atom. The highest BCUT2D eigenvalue weighted by Gasteiger charge is 2.26. The molecule has 1 aliphatic rings. The summed E-state index contributed by atoms with van der Waals surface area (Å²) in [6, 6.07) is 16.8. The quantitative estimate of drug-likeness (QED) is 0.162. The Morgan fingerprint density at radius 3 is 2.62 bits per heavy atom. The number of nitrogens with zero attached hydrogens (tertiary/aromatic N) is 1. The molecule has 5 nitrogen and oxygen atoms in total. The van der Waals surface area contributed by atoms with Crippen LogP contribution in [0, 0.1) is 10.5 Å². The maximum absolute atomic E-state index is 12.5. The SMILES string of the molecule is CCOc1cc(C=C2N=C(c3cc(I)ccc3Cl)OC2=O)cc(Cl)c1OCc1ccccc1C. The summed E-state index contributed by atoms with van der Waals surface area (Å²) in [5.74, 6) is 0.511. The number of benzene rings is 3. The summed E-state index contributed by atoms with van der Waals surface area (Å²) >= 11 is 15.0. The van der Waals surface area contributed by atoms with Crippen LogP contribution in [0.15, 0.2) is 65.3 Å². The molecule has 0 amide bonds. The number of carbonyl (C=O) groups excluding carboxylic acids is 1. The highest BCUT2D eigenvalue weighted by Crippen LogP contribution is 2.38. The first-order valence-corrected chi connectivity index (χ1v) is 12.3. The molecule has 0 N–H and O–H groups in total. The van der Waals surface area contributed by atoms with Crippen molar-refractivity contribution in [2.75, 3.05) is 6.61 Å². The van der Waals surface area contributed by atoms with Gasteiger partial charge in [-0.15, -0.1) is 0 Å². The Hall–Kier alpha value is -2.55. The van der Waals surface area contributed by atoms with Gasteiger partial charge in [-0.25, -0.2) is 9.79 Å². The van der Waals surface area contributed by atoms with E-state index in [0.29, 0.717) is 45.9 Å². The molecule has 3 aromatic carbocycles. The zero-order chi connectivity index (χ0) is 24.2. The molecule has 0 bridgehead atoms. The second-order valence-corrected chi connectivity index (χ2v) is 9.50. The van der Waals surface area contributed by atoms with Crippen LogP contribution < -0.4 is 9.47 Å². The van der Waals surface area contributed by atoms with Crippen LogP contribution in [0.4, 0.5) is 0 Å². The van der Waals surface area contributed by atoms with Gasteiger partial charge in [0.15, 0.2) is 17.2 Å². The van der Waals surface area contributed by atoms with Crippen LogP contribution in [0.5, 0.6) is 11.5 Å². The second kappa shape index (κ2) is 10.8. The lowest BCUT2D eigenvalue weighted by molar-refractivity contribution is -0.129. The Morgan fingerprint density at radius 2 is 1.85 bits per heavy atom. The molecule has 0 aliphatic carbocycles. The number of carbonyl (C=O) groups is 1. The van der Waals surface area contributed by atoms with E-state index in [1.165, 1.54) is 0 Å². The lowest BCUT2D eigenvalue weighted by Crippen LogP contribution is -2.06. The van der Waals surface area contributed by atoms with Crippen molar-refractivity contribution in [1.29, 1.82) is 0 Å². The Balaban J connectivity index is 1.64. The van der Waals surface area contributed by atoms with Gasteiger partial charge in [-0.1, -0.05) is 47.5 Å². The van der Waals surface area contributed by atoms with Crippen LogP contribution in [0.25, 0.3) is 6.08 Å². The molecule has 4 rings (SSSR count). The van der Waals surface area contributed by atoms with E-state index < -0.39 is 5.97 Å². The van der Waals surface area contributed by atoms with Crippen molar-refractivity contribution in [3.63, 3.8) is 0 Å². The average Bonchev–Trinajstić information content (AvgIpc) is 3.16. The first kappa shape index (κ1) is 24.6. The van der Waals surface area contributed by atoms with Gasteiger partial charge in [-0.3, -0.25) is 0 Å². The molecule has 174 valence electrons. The monoisotopic (exact) mass is 607 g/mol. The molecule has 0 saturated carbocycles. The number of ether oxygens (including phenoxy) is 3. The van der Waals surface area contributed by atoms with E-state index in [1.807, 2.05) is 50.2 Å². The summed E-state index contributed by atoms with van der Waals surface area (Å²) < 4.78 is 18.1. The van der Waals surface area contributed by atoms with Crippen LogP contribution in [0.3, 0.4) is 0 Å². The molecule has 0 saturated heterocycles. The fourth-order valence-corrected chi connectivity index (χ4v) is 4.30. The summed E-state index contributed by atoms with van der Waals surface area (Å²) in [6.07, 6.45) is 1.59. The van der Waals surface area contributed by atoms with Crippen LogP contribution in [-0.4, -0.2) is 18.5 Å². The first-order valence-electron chi connectivity index (χ1n) is 10.5. The predicted molar refractivity (Wildman–Crippen MR) is 143 cm³/mol. The van der Waals surface area contributed by atoms with E-state index in [1.54, 1.807) is 24.3 Å². The maximum Gasteiger partial charge on any atom is 0.363 e. The molecule has 0 unspecified atom stereocenters. The second-order valence-electron chi connectivity index (χ2n) is 7.44. The largest absolute Gasteiger partial charge is 0.490 e. The van der Waals surface area contributed by atoms with E-state index in [2.05, 4.69) is 27.6 Å². The van der Waals surface area contributed by atoms with Crippen molar-refractivity contribution in [2.24, 2.45) is 4.99 Å². The lowest BCUT2D eigenvalue weighted by Gasteiger charge is -2.15. The molecule has 3 aromatic rings. The Bertz CT molecular complexity index is 1320. The molecule has 1 heterocycles. The third kappa shape index (κ3) is 5.56. The van der Waals surface area contributed by atoms with Gasteiger partial charge in [-0.05, 0) is 89.5 Å². The summed E-state index contributed by atoms with van der Waals surface area (Å²) in [5.41, 5.74) is 3.49. The van der Waals surface area contributed by atoms with Crippen LogP contribution in [0.2, 0.25) is 10.0 Å². The highest BCUT2D eigenvalue weighted by atomic mass is 127. The summed E-state index contributed by atoms with van der Waals surface area (Å²) in [7, 11) is 0. The molecule has 8 heteroatoms. The number of hydrogen-bond acceptors (Lipinski definition) is 5. The van der Waals surface area contributed by atoms with Gasteiger partial charge in [0.1, 0.15) is 6.61 Å². The number of aryl methyl sites for hydroxylation is 1. The van der Waals surface area contributed by atoms with Crippen molar-refractivity contribution in [3.05, 3.63) is 96.2 Å². The number of aliphatic imine (C=N–C) groups is 1. The van der Waals surface area contributed by atoms with E-state index in [-0.39, 0.29) is 11.6 Å². The molecule has 0 atom stereocenters. The summed E-state index contributed by atoms with van der Waals surface area (Å²) in [6.45, 7) is 4.67. The fraction of sp³-hybridized carbons (Fsp3) is 0.154. The minimum absolute atomic E-state index is 0.136. The molecule has 34 heavy (non-hydrogen) atoms. The number of hydrogen-bond donors (Lipinski definition) is 0. The van der Waals surface area contributed by atoms with Crippen molar-refractivity contribution >= 4 is 63.7 Å². The molecule has 0 aromatic heterocycles. The first-order chi connectivity index (χ1) is 16.4. The van der Waals surface area contributed by atoms with Crippen molar-refractivity contribution in [3.8, 4) is 11.5 Å². The number of halogens is 3. The van der Waals surface area contributed by atoms with E-state index >= 15 is 0 Å². The third-order valence-corrected chi connectivity index (χ3v) is 6.33. The molecule has 0 spiro atoms. The topological polar surface area (TPSA) is 57.1 Å². The number of rotatable bonds is 7. The normalized spacial score (nSPS) is 14.2. The zero-order valence-electron chi connectivity index (χ0n) is 18.4.